The Morgan fingerprint density at radius 3 is 2.72 bits per heavy atom. The van der Waals surface area contributed by atoms with Crippen LogP contribution < -0.4 is 0 Å². The highest BCUT2D eigenvalue weighted by atomic mass is 32.1. The van der Waals surface area contributed by atoms with E-state index in [1.54, 1.807) is 4.68 Å². The van der Waals surface area contributed by atoms with Crippen molar-refractivity contribution in [2.45, 2.75) is 6.92 Å². The molecule has 0 unspecified atom stereocenters. The Balaban J connectivity index is 1.80. The molecule has 4 nitrogen and oxygen atoms in total. The predicted molar refractivity (Wildman–Crippen MR) is 105 cm³/mol. The number of hydrogen-bond acceptors (Lipinski definition) is 3. The maximum Gasteiger partial charge on any atom is 0.216 e. The molecule has 0 aliphatic carbocycles. The summed E-state index contributed by atoms with van der Waals surface area (Å²) < 4.78 is 2.12. The van der Waals surface area contributed by atoms with Crippen LogP contribution in [0.5, 0.6) is 0 Å². The molecule has 5 heteroatoms. The van der Waals surface area contributed by atoms with Crippen molar-refractivity contribution in [3.05, 3.63) is 82.6 Å². The van der Waals surface area contributed by atoms with Crippen molar-refractivity contribution in [1.82, 2.24) is 14.9 Å². The summed E-state index contributed by atoms with van der Waals surface area (Å²) in [5.41, 5.74) is 3.18. The molecule has 0 saturated heterocycles. The molecular formula is C20H16N4S. The van der Waals surface area contributed by atoms with Gasteiger partial charge in [-0.15, -0.1) is 0 Å². The van der Waals surface area contributed by atoms with Gasteiger partial charge in [0.1, 0.15) is 0 Å². The number of aryl methyl sites for hydroxylation is 1. The summed E-state index contributed by atoms with van der Waals surface area (Å²) in [4.78, 5) is 0. The number of nitrogens with zero attached hydrogens (tertiary/aromatic N) is 3. The van der Waals surface area contributed by atoms with Crippen LogP contribution in [0.3, 0.4) is 0 Å². The molecule has 0 atom stereocenters. The minimum absolute atomic E-state index is 0.466. The third kappa shape index (κ3) is 3.02. The molecule has 4 aromatic rings. The molecule has 3 aromatic carbocycles. The molecule has 0 bridgehead atoms. The average molecular weight is 344 g/mol. The van der Waals surface area contributed by atoms with E-state index in [9.17, 15) is 0 Å². The van der Waals surface area contributed by atoms with Gasteiger partial charge in [0, 0.05) is 11.1 Å². The van der Waals surface area contributed by atoms with Gasteiger partial charge in [0.25, 0.3) is 0 Å². The lowest BCUT2D eigenvalue weighted by molar-refractivity contribution is 0.871. The highest BCUT2D eigenvalue weighted by Crippen LogP contribution is 2.20. The van der Waals surface area contributed by atoms with E-state index >= 15 is 0 Å². The molecule has 1 N–H and O–H groups in total. The van der Waals surface area contributed by atoms with E-state index in [0.29, 0.717) is 10.6 Å². The Morgan fingerprint density at radius 1 is 1.04 bits per heavy atom. The summed E-state index contributed by atoms with van der Waals surface area (Å²) in [6.07, 6.45) is 1.83. The minimum Gasteiger partial charge on any atom is -0.250 e. The first-order valence-corrected chi connectivity index (χ1v) is 8.40. The van der Waals surface area contributed by atoms with Gasteiger partial charge in [0.2, 0.25) is 4.77 Å². The van der Waals surface area contributed by atoms with Crippen molar-refractivity contribution in [1.29, 1.82) is 0 Å². The zero-order valence-corrected chi connectivity index (χ0v) is 14.5. The van der Waals surface area contributed by atoms with Crippen LogP contribution in [-0.4, -0.2) is 21.1 Å². The quantitative estimate of drug-likeness (QED) is 0.422. The maximum absolute atomic E-state index is 5.35. The van der Waals surface area contributed by atoms with E-state index in [1.807, 2.05) is 42.6 Å². The first-order valence-electron chi connectivity index (χ1n) is 7.99. The SMILES string of the molecule is Cc1cccc(-c2n[nH]c(=S)n2N=Cc2cccc3ccccc23)c1. The number of aromatic amines is 1. The molecule has 0 amide bonds. The molecule has 122 valence electrons. The molecular weight excluding hydrogens is 328 g/mol. The Kier molecular flexibility index (Phi) is 3.99. The highest BCUT2D eigenvalue weighted by Gasteiger charge is 2.08. The van der Waals surface area contributed by atoms with E-state index in [2.05, 4.69) is 52.6 Å². The van der Waals surface area contributed by atoms with E-state index < -0.39 is 0 Å². The predicted octanol–water partition coefficient (Wildman–Crippen LogP) is 4.95. The lowest BCUT2D eigenvalue weighted by Crippen LogP contribution is -1.95. The summed E-state index contributed by atoms with van der Waals surface area (Å²) in [5, 5.41) is 14.1. The fourth-order valence-corrected chi connectivity index (χ4v) is 3.03. The van der Waals surface area contributed by atoms with Crippen LogP contribution in [0.1, 0.15) is 11.1 Å². The van der Waals surface area contributed by atoms with Crippen LogP contribution in [0.15, 0.2) is 71.8 Å². The summed E-state index contributed by atoms with van der Waals surface area (Å²) in [6, 6.07) is 22.5. The van der Waals surface area contributed by atoms with Crippen LogP contribution in [0, 0.1) is 11.7 Å². The van der Waals surface area contributed by atoms with E-state index in [4.69, 9.17) is 12.2 Å². The Hall–Kier alpha value is -3.05. The number of aromatic nitrogens is 3. The molecule has 1 heterocycles. The first kappa shape index (κ1) is 15.5. The van der Waals surface area contributed by atoms with Crippen LogP contribution in [-0.2, 0) is 0 Å². The first-order chi connectivity index (χ1) is 12.2. The standard InChI is InChI=1S/C20H16N4S/c1-14-6-4-9-16(12-14)19-22-23-20(25)24(19)21-13-17-10-5-8-15-7-2-3-11-18(15)17/h2-13H,1H3,(H,23,25). The van der Waals surface area contributed by atoms with Crippen LogP contribution in [0.4, 0.5) is 0 Å². The zero-order chi connectivity index (χ0) is 17.2. The molecule has 25 heavy (non-hydrogen) atoms. The van der Waals surface area contributed by atoms with E-state index in [1.165, 1.54) is 5.39 Å². The van der Waals surface area contributed by atoms with Crippen molar-refractivity contribution < 1.29 is 0 Å². The lowest BCUT2D eigenvalue weighted by atomic mass is 10.1. The molecule has 1 aromatic heterocycles. The second-order valence-electron chi connectivity index (χ2n) is 5.85. The minimum atomic E-state index is 0.466. The van der Waals surface area contributed by atoms with E-state index in [0.717, 1.165) is 22.1 Å². The Labute approximate surface area is 150 Å². The molecule has 0 radical (unpaired) electrons. The number of H-pyrrole nitrogens is 1. The number of nitrogens with one attached hydrogen (secondary N) is 1. The van der Waals surface area contributed by atoms with E-state index in [-0.39, 0.29) is 0 Å². The van der Waals surface area contributed by atoms with Crippen LogP contribution >= 0.6 is 12.2 Å². The van der Waals surface area contributed by atoms with Crippen molar-refractivity contribution in [2.75, 3.05) is 0 Å². The zero-order valence-electron chi connectivity index (χ0n) is 13.7. The van der Waals surface area contributed by atoms with Gasteiger partial charge in [-0.05, 0) is 36.0 Å². The average Bonchev–Trinajstić information content (AvgIpc) is 3.00. The monoisotopic (exact) mass is 344 g/mol. The molecule has 4 rings (SSSR count). The summed E-state index contributed by atoms with van der Waals surface area (Å²) in [6.45, 7) is 2.05. The van der Waals surface area contributed by atoms with Gasteiger partial charge < -0.3 is 0 Å². The van der Waals surface area contributed by atoms with Gasteiger partial charge in [-0.3, -0.25) is 0 Å². The third-order valence-electron chi connectivity index (χ3n) is 4.06. The smallest absolute Gasteiger partial charge is 0.216 e. The van der Waals surface area contributed by atoms with Crippen molar-refractivity contribution in [3.8, 4) is 11.4 Å². The van der Waals surface area contributed by atoms with Gasteiger partial charge in [-0.25, -0.2) is 5.10 Å². The fourth-order valence-electron chi connectivity index (χ4n) is 2.85. The van der Waals surface area contributed by atoms with Gasteiger partial charge in [0.05, 0.1) is 6.21 Å². The van der Waals surface area contributed by atoms with Crippen molar-refractivity contribution in [3.63, 3.8) is 0 Å². The highest BCUT2D eigenvalue weighted by molar-refractivity contribution is 7.71. The molecule has 0 saturated carbocycles. The van der Waals surface area contributed by atoms with Crippen molar-refractivity contribution >= 4 is 29.2 Å². The lowest BCUT2D eigenvalue weighted by Gasteiger charge is -2.03. The summed E-state index contributed by atoms with van der Waals surface area (Å²) >= 11 is 5.35. The maximum atomic E-state index is 5.35. The second kappa shape index (κ2) is 6.45. The number of hydrogen-bond donors (Lipinski definition) is 1. The summed E-state index contributed by atoms with van der Waals surface area (Å²) in [5.74, 6) is 0.699. The van der Waals surface area contributed by atoms with Gasteiger partial charge in [-0.2, -0.15) is 14.9 Å². The Morgan fingerprint density at radius 2 is 1.84 bits per heavy atom. The second-order valence-corrected chi connectivity index (χ2v) is 6.23. The molecule has 0 fully saturated rings. The Bertz CT molecular complexity index is 1130. The number of rotatable bonds is 3. The normalized spacial score (nSPS) is 11.4. The van der Waals surface area contributed by atoms with Crippen molar-refractivity contribution in [2.24, 2.45) is 5.10 Å². The molecule has 0 aliphatic rings. The summed E-state index contributed by atoms with van der Waals surface area (Å²) in [7, 11) is 0. The largest absolute Gasteiger partial charge is 0.250 e. The fraction of sp³-hybridized carbons (Fsp3) is 0.0500. The van der Waals surface area contributed by atoms with Gasteiger partial charge in [0.15, 0.2) is 5.82 Å². The number of benzene rings is 3. The van der Waals surface area contributed by atoms with Crippen LogP contribution in [0.2, 0.25) is 0 Å². The number of fused-ring (bicyclic) bond motifs is 1. The molecule has 0 aliphatic heterocycles. The molecule has 0 spiro atoms. The van der Waals surface area contributed by atoms with Gasteiger partial charge >= 0.3 is 0 Å². The van der Waals surface area contributed by atoms with Gasteiger partial charge in [-0.1, -0.05) is 66.2 Å². The topological polar surface area (TPSA) is 46.0 Å². The van der Waals surface area contributed by atoms with Crippen LogP contribution in [0.25, 0.3) is 22.2 Å². The third-order valence-corrected chi connectivity index (χ3v) is 4.33.